The lowest BCUT2D eigenvalue weighted by molar-refractivity contribution is 0.681. The second kappa shape index (κ2) is 3.97. The van der Waals surface area contributed by atoms with Gasteiger partial charge in [0.05, 0.1) is 5.69 Å². The molecule has 3 heteroatoms. The van der Waals surface area contributed by atoms with Crippen LogP contribution in [0.5, 0.6) is 0 Å². The molecule has 0 spiro atoms. The molecule has 0 saturated carbocycles. The fourth-order valence-electron chi connectivity index (χ4n) is 2.08. The van der Waals surface area contributed by atoms with Gasteiger partial charge in [0.2, 0.25) is 0 Å². The molecule has 0 unspecified atom stereocenters. The van der Waals surface area contributed by atoms with Gasteiger partial charge >= 0.3 is 0 Å². The Bertz CT molecular complexity index is 476. The molecule has 0 heterocycles. The first-order chi connectivity index (χ1) is 7.06. The van der Waals surface area contributed by atoms with Gasteiger partial charge < -0.3 is 0 Å². The van der Waals surface area contributed by atoms with Crippen LogP contribution in [0.1, 0.15) is 24.0 Å². The third-order valence-corrected chi connectivity index (χ3v) is 3.33. The molecule has 0 radical (unpaired) electrons. The van der Waals surface area contributed by atoms with Gasteiger partial charge in [-0.2, -0.15) is 4.36 Å². The summed E-state index contributed by atoms with van der Waals surface area (Å²) >= 11 is 0. The van der Waals surface area contributed by atoms with Gasteiger partial charge in [0.1, 0.15) is 0 Å². The average Bonchev–Trinajstić information content (AvgIpc) is 2.16. The first kappa shape index (κ1) is 10.7. The minimum atomic E-state index is -2.04. The highest BCUT2D eigenvalue weighted by atomic mass is 32.2. The average molecular weight is 223 g/mol. The third kappa shape index (κ3) is 2.59. The van der Waals surface area contributed by atoms with Crippen LogP contribution in [-0.2, 0) is 22.6 Å². The summed E-state index contributed by atoms with van der Waals surface area (Å²) in [6.07, 6.45) is 8.11. The molecule has 15 heavy (non-hydrogen) atoms. The first-order valence-corrected chi connectivity index (χ1v) is 7.67. The lowest BCUT2D eigenvalue weighted by atomic mass is 9.91. The summed E-state index contributed by atoms with van der Waals surface area (Å²) in [7, 11) is -2.04. The van der Waals surface area contributed by atoms with Gasteiger partial charge in [0, 0.05) is 22.2 Å². The molecule has 1 aliphatic rings. The predicted octanol–water partition coefficient (Wildman–Crippen LogP) is 2.92. The van der Waals surface area contributed by atoms with Gasteiger partial charge in [0.25, 0.3) is 0 Å². The molecule has 0 atom stereocenters. The van der Waals surface area contributed by atoms with Gasteiger partial charge in [-0.15, -0.1) is 0 Å². The predicted molar refractivity (Wildman–Crippen MR) is 65.2 cm³/mol. The van der Waals surface area contributed by atoms with Crippen LogP contribution in [-0.4, -0.2) is 16.7 Å². The van der Waals surface area contributed by atoms with E-state index in [0.717, 1.165) is 18.5 Å². The van der Waals surface area contributed by atoms with Crippen molar-refractivity contribution in [3.63, 3.8) is 0 Å². The van der Waals surface area contributed by atoms with Crippen molar-refractivity contribution in [2.24, 2.45) is 4.36 Å². The Morgan fingerprint density at radius 3 is 2.67 bits per heavy atom. The number of nitrogens with zero attached hydrogens (tertiary/aromatic N) is 1. The van der Waals surface area contributed by atoms with Gasteiger partial charge in [-0.05, 0) is 42.9 Å². The highest BCUT2D eigenvalue weighted by Crippen LogP contribution is 2.30. The Balaban J connectivity index is 2.54. The largest absolute Gasteiger partial charge is 0.250 e. The van der Waals surface area contributed by atoms with Crippen molar-refractivity contribution in [2.75, 3.05) is 12.5 Å². The number of aryl methyl sites for hydroxylation is 1. The maximum absolute atomic E-state index is 11.7. The number of hydrogen-bond acceptors (Lipinski definition) is 2. The standard InChI is InChI=1S/C12H17NOS/c1-15(2,14)13-12-9-5-7-10-6-3-4-8-11(10)12/h5,7,9H,3-4,6,8H2,1-2H3. The highest BCUT2D eigenvalue weighted by molar-refractivity contribution is 7.92. The van der Waals surface area contributed by atoms with Crippen LogP contribution in [0.15, 0.2) is 22.6 Å². The molecule has 0 fully saturated rings. The van der Waals surface area contributed by atoms with Crippen LogP contribution in [0.25, 0.3) is 0 Å². The van der Waals surface area contributed by atoms with Crippen molar-refractivity contribution in [1.82, 2.24) is 0 Å². The molecular formula is C12H17NOS. The molecule has 1 aromatic carbocycles. The van der Waals surface area contributed by atoms with Crippen LogP contribution >= 0.6 is 0 Å². The Kier molecular flexibility index (Phi) is 2.83. The molecule has 0 amide bonds. The van der Waals surface area contributed by atoms with Crippen molar-refractivity contribution in [3.05, 3.63) is 29.3 Å². The molecule has 2 rings (SSSR count). The zero-order valence-electron chi connectivity index (χ0n) is 9.32. The van der Waals surface area contributed by atoms with E-state index in [1.54, 1.807) is 12.5 Å². The van der Waals surface area contributed by atoms with E-state index in [2.05, 4.69) is 10.4 Å². The van der Waals surface area contributed by atoms with Gasteiger partial charge in [0.15, 0.2) is 0 Å². The third-order valence-electron chi connectivity index (χ3n) is 2.69. The summed E-state index contributed by atoms with van der Waals surface area (Å²) in [4.78, 5) is 0. The molecule has 0 bridgehead atoms. The number of rotatable bonds is 1. The topological polar surface area (TPSA) is 29.4 Å². The minimum absolute atomic E-state index is 0.946. The van der Waals surface area contributed by atoms with Crippen LogP contribution in [0.3, 0.4) is 0 Å². The molecule has 82 valence electrons. The summed E-state index contributed by atoms with van der Waals surface area (Å²) in [5.41, 5.74) is 3.66. The van der Waals surface area contributed by atoms with Crippen molar-refractivity contribution in [1.29, 1.82) is 0 Å². The van der Waals surface area contributed by atoms with E-state index >= 15 is 0 Å². The smallest absolute Gasteiger partial charge is 0.0764 e. The zero-order valence-corrected chi connectivity index (χ0v) is 10.1. The highest BCUT2D eigenvalue weighted by Gasteiger charge is 2.12. The summed E-state index contributed by atoms with van der Waals surface area (Å²) in [5, 5.41) is 0. The fourth-order valence-corrected chi connectivity index (χ4v) is 2.73. The van der Waals surface area contributed by atoms with E-state index < -0.39 is 9.73 Å². The van der Waals surface area contributed by atoms with Gasteiger partial charge in [-0.1, -0.05) is 12.1 Å². The normalized spacial score (nSPS) is 15.9. The maximum atomic E-state index is 11.7. The molecule has 1 aliphatic carbocycles. The van der Waals surface area contributed by atoms with Crippen LogP contribution in [0.2, 0.25) is 0 Å². The van der Waals surface area contributed by atoms with Crippen molar-refractivity contribution >= 4 is 15.4 Å². The summed E-state index contributed by atoms with van der Waals surface area (Å²) in [6, 6.07) is 6.17. The molecule has 2 nitrogen and oxygen atoms in total. The monoisotopic (exact) mass is 223 g/mol. The summed E-state index contributed by atoms with van der Waals surface area (Å²) < 4.78 is 16.0. The quantitative estimate of drug-likeness (QED) is 0.719. The SMILES string of the molecule is CS(C)(=O)=Nc1cccc2c1CCCC2. The lowest BCUT2D eigenvalue weighted by Gasteiger charge is -2.17. The van der Waals surface area contributed by atoms with Crippen LogP contribution in [0.4, 0.5) is 5.69 Å². The maximum Gasteiger partial charge on any atom is 0.0764 e. The molecule has 0 aromatic heterocycles. The second-order valence-corrected chi connectivity index (χ2v) is 6.94. The number of hydrogen-bond donors (Lipinski definition) is 0. The van der Waals surface area contributed by atoms with Crippen molar-refractivity contribution < 1.29 is 4.21 Å². The zero-order chi connectivity index (χ0) is 10.9. The van der Waals surface area contributed by atoms with Crippen molar-refractivity contribution in [2.45, 2.75) is 25.7 Å². The molecule has 1 aromatic rings. The van der Waals surface area contributed by atoms with Crippen LogP contribution in [0, 0.1) is 0 Å². The Hall–Kier alpha value is -0.830. The van der Waals surface area contributed by atoms with E-state index in [4.69, 9.17) is 0 Å². The van der Waals surface area contributed by atoms with Gasteiger partial charge in [-0.25, -0.2) is 4.21 Å². The van der Waals surface area contributed by atoms with E-state index in [1.165, 1.54) is 24.0 Å². The number of fused-ring (bicyclic) bond motifs is 1. The molecule has 0 saturated heterocycles. The van der Waals surface area contributed by atoms with E-state index in [-0.39, 0.29) is 0 Å². The molecule has 0 N–H and O–H groups in total. The Morgan fingerprint density at radius 2 is 1.93 bits per heavy atom. The fraction of sp³-hybridized carbons (Fsp3) is 0.500. The minimum Gasteiger partial charge on any atom is -0.250 e. The van der Waals surface area contributed by atoms with E-state index in [1.807, 2.05) is 12.1 Å². The Labute approximate surface area is 91.9 Å². The van der Waals surface area contributed by atoms with Gasteiger partial charge in [-0.3, -0.25) is 0 Å². The number of benzene rings is 1. The summed E-state index contributed by atoms with van der Waals surface area (Å²) in [6.45, 7) is 0. The van der Waals surface area contributed by atoms with Crippen molar-refractivity contribution in [3.8, 4) is 0 Å². The van der Waals surface area contributed by atoms with Crippen LogP contribution < -0.4 is 0 Å². The lowest BCUT2D eigenvalue weighted by Crippen LogP contribution is -2.03. The summed E-state index contributed by atoms with van der Waals surface area (Å²) in [5.74, 6) is 0. The Morgan fingerprint density at radius 1 is 1.20 bits per heavy atom. The second-order valence-electron chi connectivity index (χ2n) is 4.39. The molecule has 0 aliphatic heterocycles. The van der Waals surface area contributed by atoms with E-state index in [0.29, 0.717) is 0 Å². The first-order valence-electron chi connectivity index (χ1n) is 5.34. The molecular weight excluding hydrogens is 206 g/mol. The van der Waals surface area contributed by atoms with E-state index in [9.17, 15) is 4.21 Å².